The van der Waals surface area contributed by atoms with Crippen LogP contribution in [0.5, 0.6) is 0 Å². The van der Waals surface area contributed by atoms with Gasteiger partial charge in [-0.25, -0.2) is 34.9 Å². The first kappa shape index (κ1) is 103. The molecule has 148 heavy (non-hydrogen) atoms. The molecule has 26 rings (SSSR count). The van der Waals surface area contributed by atoms with Crippen molar-refractivity contribution < 1.29 is 22.1 Å². The maximum absolute atomic E-state index is 6.34. The van der Waals surface area contributed by atoms with E-state index in [1.165, 1.54) is 61.8 Å². The second kappa shape index (κ2) is 44.6. The van der Waals surface area contributed by atoms with Gasteiger partial charge >= 0.3 is 0 Å². The zero-order valence-corrected chi connectivity index (χ0v) is 90.5. The summed E-state index contributed by atoms with van der Waals surface area (Å²) in [6.45, 7) is 53.4. The third-order valence-electron chi connectivity index (χ3n) is 27.0. The average molecular weight is 1970 g/mol. The molecule has 5 aliphatic heterocycles. The molecule has 0 fully saturated rings. The van der Waals surface area contributed by atoms with E-state index in [0.29, 0.717) is 40.4 Å². The maximum Gasteiger partial charge on any atom is 0.227 e. The van der Waals surface area contributed by atoms with Crippen molar-refractivity contribution in [1.29, 1.82) is 0 Å². The third kappa shape index (κ3) is 19.6. The van der Waals surface area contributed by atoms with Crippen LogP contribution < -0.4 is 49.0 Å². The van der Waals surface area contributed by atoms with Gasteiger partial charge in [0.15, 0.2) is 39.6 Å². The molecule has 0 atom stereocenters. The molecule has 21 aromatic rings. The summed E-state index contributed by atoms with van der Waals surface area (Å²) in [6.07, 6.45) is 12.3. The van der Waals surface area contributed by atoms with Crippen molar-refractivity contribution in [2.75, 3.05) is 96.4 Å². The van der Waals surface area contributed by atoms with Crippen LogP contribution in [-0.4, -0.2) is 82.3 Å². The molecule has 0 aliphatic carbocycles. The number of benzene rings is 9. The number of hydrogen-bond acceptors (Lipinski definition) is 22. The summed E-state index contributed by atoms with van der Waals surface area (Å²) in [4.78, 5) is 54.7. The number of anilines is 14. The fourth-order valence-electron chi connectivity index (χ4n) is 20.2. The number of fused-ring (bicyclic) bond motifs is 18. The van der Waals surface area contributed by atoms with Crippen LogP contribution >= 0.6 is 0 Å². The molecule has 9 aromatic carbocycles. The van der Waals surface area contributed by atoms with E-state index in [1.807, 2.05) is 165 Å². The van der Waals surface area contributed by atoms with Crippen LogP contribution in [0.15, 0.2) is 308 Å². The van der Waals surface area contributed by atoms with Crippen molar-refractivity contribution in [2.24, 2.45) is 0 Å². The van der Waals surface area contributed by atoms with E-state index in [2.05, 4.69) is 385 Å². The topological polar surface area (TPSA) is 188 Å². The standard InChI is InChI=1S/C28H31N3O.C26H21N3O.C22H19N3O.2C20H18N4O.5C2H6/c1-17(2)21-8-7-9-22(18(3)4)26(21)31-15-14-30(16-31)25-19(5)10-12-23-24-13-11-20(6)29-28(24)32-27(23)25;1-17-12-14-20-21-15-13-18(2)27-26(21)30-25(20)24(17)29-16-28(19-8-4-3-5-9-19)22-10-6-7-11-23(22)29;1-15-8-10-18-19-11-9-16(2)23-22(19)26-21(18)20(15)25-13-12-24(14-25)17-6-4-3-5-7-17;1-12-6-8-14-15-9-7-13(2)22-20(15)25-18(14)17(12)24-11-23(3)19-16(24)5-4-10-21-19;1-12-6-8-14-15-9-7-13(2)22-20(15)25-18(14)17(12)24-11-23(3)16-5-4-10-21-19(16)24;5*1-2/h7-15,17-18H,16H2,1-6H3;3-15H,16H2,1-2H3;3-13H,14H2,1-2H3;2*4-10H,11H2,1-3H3;5*1-2H3. The van der Waals surface area contributed by atoms with Crippen LogP contribution in [0.2, 0.25) is 0 Å². The highest BCUT2D eigenvalue weighted by Gasteiger charge is 2.36. The Morgan fingerprint density at radius 1 is 0.230 bits per heavy atom. The molecule has 5 aliphatic rings. The lowest BCUT2D eigenvalue weighted by Crippen LogP contribution is -2.27. The van der Waals surface area contributed by atoms with E-state index in [-0.39, 0.29) is 0 Å². The molecule has 22 nitrogen and oxygen atoms in total. The van der Waals surface area contributed by atoms with Crippen LogP contribution in [0.1, 0.15) is 176 Å². The van der Waals surface area contributed by atoms with Gasteiger partial charge in [-0.2, -0.15) is 0 Å². The molecule has 0 saturated carbocycles. The fourth-order valence-corrected chi connectivity index (χ4v) is 20.2. The monoisotopic (exact) mass is 1970 g/mol. The largest absolute Gasteiger partial charge is 0.435 e. The molecule has 0 N–H and O–H groups in total. The Labute approximate surface area is 869 Å². The first-order valence-electron chi connectivity index (χ1n) is 52.2. The minimum Gasteiger partial charge on any atom is -0.435 e. The molecular weight excluding hydrogens is 1830 g/mol. The lowest BCUT2D eigenvalue weighted by Gasteiger charge is -2.28. The summed E-state index contributed by atoms with van der Waals surface area (Å²) in [5, 5.41) is 10.8. The number of rotatable bonds is 10. The number of pyridine rings is 7. The van der Waals surface area contributed by atoms with Gasteiger partial charge in [-0.1, -0.05) is 224 Å². The van der Waals surface area contributed by atoms with Crippen molar-refractivity contribution in [2.45, 2.75) is 178 Å². The maximum atomic E-state index is 6.34. The van der Waals surface area contributed by atoms with Crippen LogP contribution in [0.4, 0.5) is 79.9 Å². The molecule has 12 aromatic heterocycles. The number of nitrogens with zero attached hydrogens (tertiary/aromatic N) is 17. The van der Waals surface area contributed by atoms with E-state index >= 15 is 0 Å². The van der Waals surface area contributed by atoms with Crippen molar-refractivity contribution in [3.05, 3.63) is 353 Å². The third-order valence-corrected chi connectivity index (χ3v) is 27.0. The highest BCUT2D eigenvalue weighted by molar-refractivity contribution is 6.14. The van der Waals surface area contributed by atoms with Crippen molar-refractivity contribution in [3.63, 3.8) is 0 Å². The minimum absolute atomic E-state index is 0.459. The first-order chi connectivity index (χ1) is 72.0. The summed E-state index contributed by atoms with van der Waals surface area (Å²) in [7, 11) is 4.14. The Hall–Kier alpha value is -16.5. The average Bonchev–Trinajstić information content (AvgIpc) is 1.57. The number of aryl methyl sites for hydroxylation is 10. The molecule has 0 spiro atoms. The fraction of sp³-hybridized carbons (Fsp3) is 0.262. The van der Waals surface area contributed by atoms with Crippen LogP contribution in [0.25, 0.3) is 110 Å². The number of para-hydroxylation sites is 5. The molecule has 0 bridgehead atoms. The molecule has 22 heteroatoms. The number of hydrogen-bond donors (Lipinski definition) is 0. The van der Waals surface area contributed by atoms with Gasteiger partial charge in [-0.3, -0.25) is 0 Å². The van der Waals surface area contributed by atoms with E-state index < -0.39 is 0 Å². The van der Waals surface area contributed by atoms with Gasteiger partial charge in [-0.05, 0) is 241 Å². The molecule has 0 unspecified atom stereocenters. The van der Waals surface area contributed by atoms with E-state index in [1.54, 1.807) is 0 Å². The highest BCUT2D eigenvalue weighted by Crippen LogP contribution is 2.52. The zero-order chi connectivity index (χ0) is 105. The Balaban J connectivity index is 0.000000124. The molecule has 0 radical (unpaired) electrons. The van der Waals surface area contributed by atoms with Crippen LogP contribution in [-0.2, 0) is 0 Å². The smallest absolute Gasteiger partial charge is 0.227 e. The Morgan fingerprint density at radius 2 is 0.520 bits per heavy atom. The highest BCUT2D eigenvalue weighted by atomic mass is 16.4. The van der Waals surface area contributed by atoms with Gasteiger partial charge in [0.25, 0.3) is 0 Å². The van der Waals surface area contributed by atoms with Crippen molar-refractivity contribution in [3.8, 4) is 0 Å². The summed E-state index contributed by atoms with van der Waals surface area (Å²) >= 11 is 0. The summed E-state index contributed by atoms with van der Waals surface area (Å²) in [5.41, 5.74) is 35.2. The SMILES string of the molecule is CC.CC.CC.CC.CC.Cc1ccc2c(n1)oc1c(N3C=CN(c4c(C(C)C)cccc4C(C)C)C3)c(C)ccc12.Cc1ccc2c(n1)oc1c(N3C=CN(c4ccccc4)C3)c(C)ccc12.Cc1ccc2c(n1)oc1c(N3CN(C)c4cccnc43)c(C)ccc12.Cc1ccc2c(n1)oc1c(N3CN(C)c4ncccc43)c(C)ccc12.Cc1ccc2c(n1)oc1c(N3CN(c4ccccc4)c4ccccc43)c(C)ccc12. The van der Waals surface area contributed by atoms with E-state index in [0.717, 1.165) is 201 Å². The summed E-state index contributed by atoms with van der Waals surface area (Å²) in [6, 6.07) is 86.5. The zero-order valence-electron chi connectivity index (χ0n) is 90.5. The number of aromatic nitrogens is 7. The summed E-state index contributed by atoms with van der Waals surface area (Å²) in [5.74, 6) is 2.87. The second-order valence-electron chi connectivity index (χ2n) is 37.3. The quantitative estimate of drug-likeness (QED) is 0.126. The van der Waals surface area contributed by atoms with Crippen LogP contribution in [0.3, 0.4) is 0 Å². The predicted octanol–water partition coefficient (Wildman–Crippen LogP) is 34.0. The van der Waals surface area contributed by atoms with E-state index in [9.17, 15) is 0 Å². The van der Waals surface area contributed by atoms with Gasteiger partial charge in [-0.15, -0.1) is 0 Å². The molecule has 756 valence electrons. The van der Waals surface area contributed by atoms with Gasteiger partial charge in [0.05, 0.1) is 77.9 Å². The van der Waals surface area contributed by atoms with Crippen molar-refractivity contribution >= 4 is 190 Å². The Kier molecular flexibility index (Phi) is 31.0. The van der Waals surface area contributed by atoms with Gasteiger partial charge < -0.3 is 71.1 Å². The number of furan rings is 5. The van der Waals surface area contributed by atoms with Crippen molar-refractivity contribution in [1.82, 2.24) is 34.9 Å². The normalized spacial score (nSPS) is 13.1. The molecule has 0 amide bonds. The Bertz CT molecular complexity index is 8210. The second-order valence-corrected chi connectivity index (χ2v) is 37.3. The lowest BCUT2D eigenvalue weighted by atomic mass is 9.92. The first-order valence-corrected chi connectivity index (χ1v) is 52.2. The van der Waals surface area contributed by atoms with Crippen LogP contribution in [0, 0.1) is 69.2 Å². The van der Waals surface area contributed by atoms with E-state index in [4.69, 9.17) is 22.1 Å². The molecular formula is C126H137N17O5. The summed E-state index contributed by atoms with van der Waals surface area (Å²) < 4.78 is 31.3. The Morgan fingerprint density at radius 3 is 0.905 bits per heavy atom. The van der Waals surface area contributed by atoms with Gasteiger partial charge in [0, 0.05) is 151 Å². The predicted molar refractivity (Wildman–Crippen MR) is 622 cm³/mol. The minimum atomic E-state index is 0.459. The molecule has 0 saturated heterocycles. The van der Waals surface area contributed by atoms with Gasteiger partial charge in [0.2, 0.25) is 28.6 Å². The molecule has 17 heterocycles. The lowest BCUT2D eigenvalue weighted by molar-refractivity contribution is 0.651. The van der Waals surface area contributed by atoms with Gasteiger partial charge in [0.1, 0.15) is 6.67 Å².